The van der Waals surface area contributed by atoms with Crippen LogP contribution in [0, 0.1) is 5.92 Å². The number of methoxy groups -OCH3 is 1. The first-order valence-electron chi connectivity index (χ1n) is 6.52. The van der Waals surface area contributed by atoms with Gasteiger partial charge in [0.05, 0.1) is 4.90 Å². The highest BCUT2D eigenvalue weighted by Crippen LogP contribution is 2.13. The largest absolute Gasteiger partial charge is 0.384 e. The fourth-order valence-electron chi connectivity index (χ4n) is 1.72. The van der Waals surface area contributed by atoms with Crippen molar-refractivity contribution in [1.82, 2.24) is 4.72 Å². The SMILES string of the molecule is CCC(=O)c1cccc(S(=O)(=O)NCC(C)COC)c1. The summed E-state index contributed by atoms with van der Waals surface area (Å²) >= 11 is 0. The lowest BCUT2D eigenvalue weighted by atomic mass is 10.1. The molecule has 1 atom stereocenters. The highest BCUT2D eigenvalue weighted by atomic mass is 32.2. The summed E-state index contributed by atoms with van der Waals surface area (Å²) in [6.45, 7) is 4.41. The van der Waals surface area contributed by atoms with E-state index in [9.17, 15) is 13.2 Å². The van der Waals surface area contributed by atoms with Crippen molar-refractivity contribution in [3.63, 3.8) is 0 Å². The lowest BCUT2D eigenvalue weighted by molar-refractivity contribution is 0.0988. The first-order valence-corrected chi connectivity index (χ1v) is 8.01. The molecule has 0 aromatic heterocycles. The second-order valence-corrected chi connectivity index (χ2v) is 6.48. The molecule has 1 N–H and O–H groups in total. The molecule has 0 radical (unpaired) electrons. The number of Topliss-reactive ketones (excluding diaryl/α,β-unsaturated/α-hetero) is 1. The first kappa shape index (κ1) is 16.8. The summed E-state index contributed by atoms with van der Waals surface area (Å²) in [5.74, 6) is 0.00466. The predicted molar refractivity (Wildman–Crippen MR) is 77.3 cm³/mol. The Bertz CT molecular complexity index is 554. The molecule has 0 saturated heterocycles. The minimum Gasteiger partial charge on any atom is -0.384 e. The third-order valence-corrected chi connectivity index (χ3v) is 4.28. The Morgan fingerprint density at radius 2 is 2.10 bits per heavy atom. The Labute approximate surface area is 120 Å². The first-order chi connectivity index (χ1) is 9.40. The lowest BCUT2D eigenvalue weighted by Gasteiger charge is -2.12. The van der Waals surface area contributed by atoms with E-state index >= 15 is 0 Å². The number of ether oxygens (including phenoxy) is 1. The van der Waals surface area contributed by atoms with Crippen LogP contribution >= 0.6 is 0 Å². The van der Waals surface area contributed by atoms with Crippen LogP contribution in [0.15, 0.2) is 29.2 Å². The zero-order chi connectivity index (χ0) is 15.2. The number of benzene rings is 1. The normalized spacial score (nSPS) is 13.2. The molecule has 0 amide bonds. The van der Waals surface area contributed by atoms with Crippen molar-refractivity contribution in [2.24, 2.45) is 5.92 Å². The van der Waals surface area contributed by atoms with Gasteiger partial charge in [0.15, 0.2) is 5.78 Å². The number of nitrogens with one attached hydrogen (secondary N) is 1. The van der Waals surface area contributed by atoms with Gasteiger partial charge in [-0.15, -0.1) is 0 Å². The number of rotatable bonds is 8. The van der Waals surface area contributed by atoms with Gasteiger partial charge in [-0.3, -0.25) is 4.79 Å². The molecule has 0 bridgehead atoms. The van der Waals surface area contributed by atoms with E-state index in [0.717, 1.165) is 0 Å². The lowest BCUT2D eigenvalue weighted by Crippen LogP contribution is -2.30. The summed E-state index contributed by atoms with van der Waals surface area (Å²) in [7, 11) is -2.02. The third kappa shape index (κ3) is 4.70. The Morgan fingerprint density at radius 3 is 2.70 bits per heavy atom. The molecule has 20 heavy (non-hydrogen) atoms. The van der Waals surface area contributed by atoms with Crippen LogP contribution in [0.2, 0.25) is 0 Å². The fraction of sp³-hybridized carbons (Fsp3) is 0.500. The smallest absolute Gasteiger partial charge is 0.240 e. The van der Waals surface area contributed by atoms with E-state index in [1.54, 1.807) is 26.2 Å². The van der Waals surface area contributed by atoms with Gasteiger partial charge in [-0.2, -0.15) is 0 Å². The summed E-state index contributed by atoms with van der Waals surface area (Å²) in [6.07, 6.45) is 0.349. The number of ketones is 1. The van der Waals surface area contributed by atoms with Gasteiger partial charge >= 0.3 is 0 Å². The fourth-order valence-corrected chi connectivity index (χ4v) is 2.93. The number of carbonyl (C=O) groups excluding carboxylic acids is 1. The summed E-state index contributed by atoms with van der Waals surface area (Å²) in [6, 6.07) is 6.10. The number of carbonyl (C=O) groups is 1. The molecule has 1 aromatic carbocycles. The van der Waals surface area contributed by atoms with Crippen LogP contribution in [0.3, 0.4) is 0 Å². The minimum absolute atomic E-state index is 0.0743. The maximum atomic E-state index is 12.1. The van der Waals surface area contributed by atoms with Crippen LogP contribution < -0.4 is 4.72 Å². The molecular formula is C14H21NO4S. The number of sulfonamides is 1. The predicted octanol–water partition coefficient (Wildman–Crippen LogP) is 1.84. The van der Waals surface area contributed by atoms with Gasteiger partial charge in [0.2, 0.25) is 10.0 Å². The summed E-state index contributed by atoms with van der Waals surface area (Å²) < 4.78 is 31.8. The molecule has 0 fully saturated rings. The van der Waals surface area contributed by atoms with Crippen LogP contribution in [0.1, 0.15) is 30.6 Å². The van der Waals surface area contributed by atoms with Crippen LogP contribution in [-0.4, -0.2) is 34.5 Å². The molecule has 6 heteroatoms. The highest BCUT2D eigenvalue weighted by molar-refractivity contribution is 7.89. The van der Waals surface area contributed by atoms with Crippen LogP contribution in [-0.2, 0) is 14.8 Å². The summed E-state index contributed by atoms with van der Waals surface area (Å²) in [4.78, 5) is 11.7. The average Bonchev–Trinajstić information content (AvgIpc) is 2.45. The quantitative estimate of drug-likeness (QED) is 0.743. The second-order valence-electron chi connectivity index (χ2n) is 4.72. The van der Waals surface area contributed by atoms with Gasteiger partial charge in [0.25, 0.3) is 0 Å². The summed E-state index contributed by atoms with van der Waals surface area (Å²) in [5.41, 5.74) is 0.417. The van der Waals surface area contributed by atoms with Gasteiger partial charge in [0, 0.05) is 32.2 Å². The van der Waals surface area contributed by atoms with E-state index in [0.29, 0.717) is 25.1 Å². The molecule has 0 saturated carbocycles. The molecule has 1 unspecified atom stereocenters. The Balaban J connectivity index is 2.85. The monoisotopic (exact) mass is 299 g/mol. The van der Waals surface area contributed by atoms with Crippen molar-refractivity contribution in [3.8, 4) is 0 Å². The topological polar surface area (TPSA) is 72.5 Å². The zero-order valence-electron chi connectivity index (χ0n) is 12.0. The van der Waals surface area contributed by atoms with Crippen molar-refractivity contribution in [2.45, 2.75) is 25.2 Å². The van der Waals surface area contributed by atoms with Crippen molar-refractivity contribution >= 4 is 15.8 Å². The van der Waals surface area contributed by atoms with Crippen LogP contribution in [0.4, 0.5) is 0 Å². The van der Waals surface area contributed by atoms with Gasteiger partial charge in [-0.25, -0.2) is 13.1 Å². The van der Waals surface area contributed by atoms with Crippen LogP contribution in [0.25, 0.3) is 0 Å². The molecule has 0 spiro atoms. The molecular weight excluding hydrogens is 278 g/mol. The minimum atomic E-state index is -3.60. The van der Waals surface area contributed by atoms with Gasteiger partial charge in [0.1, 0.15) is 0 Å². The molecule has 1 aromatic rings. The number of hydrogen-bond donors (Lipinski definition) is 1. The standard InChI is InChI=1S/C14H21NO4S/c1-4-14(16)12-6-5-7-13(8-12)20(17,18)15-9-11(2)10-19-3/h5-8,11,15H,4,9-10H2,1-3H3. The van der Waals surface area contributed by atoms with E-state index < -0.39 is 10.0 Å². The Morgan fingerprint density at radius 1 is 1.40 bits per heavy atom. The third-order valence-electron chi connectivity index (χ3n) is 2.86. The van der Waals surface area contributed by atoms with Gasteiger partial charge < -0.3 is 4.74 Å². The van der Waals surface area contributed by atoms with Crippen molar-refractivity contribution < 1.29 is 17.9 Å². The van der Waals surface area contributed by atoms with E-state index in [2.05, 4.69) is 4.72 Å². The van der Waals surface area contributed by atoms with E-state index in [1.165, 1.54) is 12.1 Å². The Kier molecular flexibility index (Phi) is 6.32. The molecule has 0 aliphatic rings. The maximum absolute atomic E-state index is 12.1. The second kappa shape index (κ2) is 7.52. The molecule has 112 valence electrons. The molecule has 1 rings (SSSR count). The molecule has 0 aliphatic heterocycles. The molecule has 5 nitrogen and oxygen atoms in total. The zero-order valence-corrected chi connectivity index (χ0v) is 12.9. The molecule has 0 aliphatic carbocycles. The van der Waals surface area contributed by atoms with E-state index in [-0.39, 0.29) is 16.6 Å². The van der Waals surface area contributed by atoms with E-state index in [4.69, 9.17) is 4.74 Å². The van der Waals surface area contributed by atoms with Crippen molar-refractivity contribution in [1.29, 1.82) is 0 Å². The summed E-state index contributed by atoms with van der Waals surface area (Å²) in [5, 5.41) is 0. The van der Waals surface area contributed by atoms with Crippen molar-refractivity contribution in [3.05, 3.63) is 29.8 Å². The maximum Gasteiger partial charge on any atom is 0.240 e. The van der Waals surface area contributed by atoms with Crippen molar-refractivity contribution in [2.75, 3.05) is 20.3 Å². The Hall–Kier alpha value is -1.24. The average molecular weight is 299 g/mol. The number of hydrogen-bond acceptors (Lipinski definition) is 4. The molecule has 0 heterocycles. The highest BCUT2D eigenvalue weighted by Gasteiger charge is 2.16. The van der Waals surface area contributed by atoms with Gasteiger partial charge in [-0.05, 0) is 18.1 Å². The van der Waals surface area contributed by atoms with E-state index in [1.807, 2.05) is 6.92 Å². The van der Waals surface area contributed by atoms with Gasteiger partial charge in [-0.1, -0.05) is 26.0 Å². The van der Waals surface area contributed by atoms with Crippen LogP contribution in [0.5, 0.6) is 0 Å².